The first-order valence-corrected chi connectivity index (χ1v) is 4.04. The van der Waals surface area contributed by atoms with E-state index in [4.69, 9.17) is 0 Å². The van der Waals surface area contributed by atoms with Crippen molar-refractivity contribution in [2.24, 2.45) is 0 Å². The summed E-state index contributed by atoms with van der Waals surface area (Å²) >= 11 is 0. The molecule has 0 aliphatic rings. The van der Waals surface area contributed by atoms with E-state index in [-0.39, 0.29) is 6.10 Å². The van der Waals surface area contributed by atoms with E-state index in [1.807, 2.05) is 24.7 Å². The van der Waals surface area contributed by atoms with Gasteiger partial charge in [0.05, 0.1) is 12.6 Å². The Bertz CT molecular complexity index is 234. The van der Waals surface area contributed by atoms with Crippen LogP contribution in [0.2, 0.25) is 0 Å². The van der Waals surface area contributed by atoms with Crippen LogP contribution in [0.4, 0.5) is 0 Å². The van der Waals surface area contributed by atoms with Gasteiger partial charge in [-0.15, -0.1) is 0 Å². The summed E-state index contributed by atoms with van der Waals surface area (Å²) in [6.07, 6.45) is 3.26. The summed E-state index contributed by atoms with van der Waals surface area (Å²) in [7, 11) is 1.82. The quantitative estimate of drug-likeness (QED) is 0.654. The lowest BCUT2D eigenvalue weighted by molar-refractivity contribution is 0.153. The molecule has 0 aromatic carbocycles. The summed E-state index contributed by atoms with van der Waals surface area (Å²) in [5, 5.41) is 12.3. The van der Waals surface area contributed by atoms with Crippen LogP contribution in [0.3, 0.4) is 0 Å². The van der Waals surface area contributed by atoms with E-state index in [1.165, 1.54) is 0 Å². The summed E-state index contributed by atoms with van der Waals surface area (Å²) in [5.41, 5.74) is 0. The van der Waals surface area contributed by atoms with Crippen LogP contribution in [-0.4, -0.2) is 34.4 Å². The summed E-state index contributed by atoms with van der Waals surface area (Å²) in [4.78, 5) is 4.06. The van der Waals surface area contributed by atoms with E-state index in [1.54, 1.807) is 6.20 Å². The highest BCUT2D eigenvalue weighted by atomic mass is 16.3. The highest BCUT2D eigenvalue weighted by molar-refractivity contribution is 4.89. The van der Waals surface area contributed by atoms with Crippen LogP contribution in [0, 0.1) is 6.92 Å². The third kappa shape index (κ3) is 2.32. The van der Waals surface area contributed by atoms with Gasteiger partial charge in [-0.05, 0) is 14.0 Å². The molecule has 1 rings (SSSR count). The first-order valence-electron chi connectivity index (χ1n) is 4.04. The second-order valence-electron chi connectivity index (χ2n) is 2.84. The molecule has 0 radical (unpaired) electrons. The molecule has 1 unspecified atom stereocenters. The van der Waals surface area contributed by atoms with Gasteiger partial charge in [0.2, 0.25) is 0 Å². The van der Waals surface area contributed by atoms with Crippen molar-refractivity contribution in [3.8, 4) is 0 Å². The normalized spacial score (nSPS) is 13.2. The summed E-state index contributed by atoms with van der Waals surface area (Å²) < 4.78 is 1.93. The molecule has 0 bridgehead atoms. The Morgan fingerprint density at radius 1 is 1.75 bits per heavy atom. The third-order valence-corrected chi connectivity index (χ3v) is 1.77. The van der Waals surface area contributed by atoms with E-state index in [0.29, 0.717) is 13.1 Å². The second kappa shape index (κ2) is 4.23. The van der Waals surface area contributed by atoms with Gasteiger partial charge in [-0.2, -0.15) is 0 Å². The van der Waals surface area contributed by atoms with Crippen molar-refractivity contribution < 1.29 is 5.11 Å². The molecule has 1 aromatic heterocycles. The van der Waals surface area contributed by atoms with Crippen molar-refractivity contribution in [2.75, 3.05) is 13.6 Å². The maximum Gasteiger partial charge on any atom is 0.105 e. The van der Waals surface area contributed by atoms with Crippen molar-refractivity contribution in [2.45, 2.75) is 19.6 Å². The number of nitrogens with one attached hydrogen (secondary N) is 1. The first kappa shape index (κ1) is 9.22. The van der Waals surface area contributed by atoms with E-state index in [9.17, 15) is 5.11 Å². The number of hydrogen-bond donors (Lipinski definition) is 2. The monoisotopic (exact) mass is 169 g/mol. The molecule has 1 aromatic rings. The predicted octanol–water partition coefficient (Wildman–Crippen LogP) is -0.228. The first-order chi connectivity index (χ1) is 5.74. The van der Waals surface area contributed by atoms with Crippen molar-refractivity contribution in [3.05, 3.63) is 18.2 Å². The SMILES string of the molecule is CNCC(O)Cn1ccnc1C. The average molecular weight is 169 g/mol. The molecule has 68 valence electrons. The highest BCUT2D eigenvalue weighted by Crippen LogP contribution is 1.96. The lowest BCUT2D eigenvalue weighted by Gasteiger charge is -2.11. The topological polar surface area (TPSA) is 50.1 Å². The number of aliphatic hydroxyl groups excluding tert-OH is 1. The fourth-order valence-electron chi connectivity index (χ4n) is 1.12. The molecule has 0 amide bonds. The van der Waals surface area contributed by atoms with Crippen LogP contribution in [0.15, 0.2) is 12.4 Å². The molecule has 12 heavy (non-hydrogen) atoms. The Kier molecular flexibility index (Phi) is 3.25. The average Bonchev–Trinajstić information content (AvgIpc) is 2.37. The number of aryl methyl sites for hydroxylation is 1. The zero-order valence-electron chi connectivity index (χ0n) is 7.49. The van der Waals surface area contributed by atoms with Gasteiger partial charge in [-0.1, -0.05) is 0 Å². The minimum absolute atomic E-state index is 0.345. The Hall–Kier alpha value is -0.870. The fraction of sp³-hybridized carbons (Fsp3) is 0.625. The van der Waals surface area contributed by atoms with Gasteiger partial charge < -0.3 is 15.0 Å². The Morgan fingerprint density at radius 2 is 2.50 bits per heavy atom. The molecule has 0 spiro atoms. The lowest BCUT2D eigenvalue weighted by atomic mass is 10.3. The summed E-state index contributed by atoms with van der Waals surface area (Å²) in [6.45, 7) is 3.14. The molecular weight excluding hydrogens is 154 g/mol. The van der Waals surface area contributed by atoms with Crippen molar-refractivity contribution in [1.29, 1.82) is 0 Å². The molecule has 4 nitrogen and oxygen atoms in total. The maximum absolute atomic E-state index is 9.43. The second-order valence-corrected chi connectivity index (χ2v) is 2.84. The minimum Gasteiger partial charge on any atom is -0.390 e. The standard InChI is InChI=1S/C8H15N3O/c1-7-10-3-4-11(7)6-8(12)5-9-2/h3-4,8-9,12H,5-6H2,1-2H3. The van der Waals surface area contributed by atoms with Gasteiger partial charge in [0.25, 0.3) is 0 Å². The summed E-state index contributed by atoms with van der Waals surface area (Å²) in [6, 6.07) is 0. The molecule has 0 aliphatic carbocycles. The predicted molar refractivity (Wildman–Crippen MR) is 46.9 cm³/mol. The van der Waals surface area contributed by atoms with Crippen LogP contribution in [0.25, 0.3) is 0 Å². The Morgan fingerprint density at radius 3 is 3.00 bits per heavy atom. The Balaban J connectivity index is 2.46. The number of aliphatic hydroxyl groups is 1. The molecule has 2 N–H and O–H groups in total. The molecule has 1 atom stereocenters. The summed E-state index contributed by atoms with van der Waals surface area (Å²) in [5.74, 6) is 0.935. The van der Waals surface area contributed by atoms with E-state index < -0.39 is 0 Å². The van der Waals surface area contributed by atoms with Gasteiger partial charge in [0.15, 0.2) is 0 Å². The number of aromatic nitrogens is 2. The van der Waals surface area contributed by atoms with Crippen LogP contribution < -0.4 is 5.32 Å². The zero-order chi connectivity index (χ0) is 8.97. The van der Waals surface area contributed by atoms with E-state index >= 15 is 0 Å². The minimum atomic E-state index is -0.345. The molecular formula is C8H15N3O. The highest BCUT2D eigenvalue weighted by Gasteiger charge is 2.04. The molecule has 1 heterocycles. The number of hydrogen-bond acceptors (Lipinski definition) is 3. The van der Waals surface area contributed by atoms with Gasteiger partial charge in [0.1, 0.15) is 5.82 Å². The van der Waals surface area contributed by atoms with E-state index in [2.05, 4.69) is 10.3 Å². The van der Waals surface area contributed by atoms with E-state index in [0.717, 1.165) is 5.82 Å². The van der Waals surface area contributed by atoms with Crippen LogP contribution in [-0.2, 0) is 6.54 Å². The molecule has 4 heteroatoms. The largest absolute Gasteiger partial charge is 0.390 e. The van der Waals surface area contributed by atoms with Gasteiger partial charge >= 0.3 is 0 Å². The van der Waals surface area contributed by atoms with Crippen LogP contribution >= 0.6 is 0 Å². The number of likely N-dealkylation sites (N-methyl/N-ethyl adjacent to an activating group) is 1. The molecule has 0 fully saturated rings. The fourth-order valence-corrected chi connectivity index (χ4v) is 1.12. The Labute approximate surface area is 72.2 Å². The lowest BCUT2D eigenvalue weighted by Crippen LogP contribution is -2.27. The number of nitrogens with zero attached hydrogens (tertiary/aromatic N) is 2. The van der Waals surface area contributed by atoms with Gasteiger partial charge in [-0.3, -0.25) is 0 Å². The van der Waals surface area contributed by atoms with Gasteiger partial charge in [0, 0.05) is 18.9 Å². The van der Waals surface area contributed by atoms with Crippen molar-refractivity contribution in [3.63, 3.8) is 0 Å². The van der Waals surface area contributed by atoms with Crippen molar-refractivity contribution >= 4 is 0 Å². The maximum atomic E-state index is 9.43. The van der Waals surface area contributed by atoms with Crippen LogP contribution in [0.1, 0.15) is 5.82 Å². The number of imidazole rings is 1. The smallest absolute Gasteiger partial charge is 0.105 e. The zero-order valence-corrected chi connectivity index (χ0v) is 7.49. The molecule has 0 aliphatic heterocycles. The number of rotatable bonds is 4. The molecule has 0 saturated carbocycles. The van der Waals surface area contributed by atoms with Crippen molar-refractivity contribution in [1.82, 2.24) is 14.9 Å². The van der Waals surface area contributed by atoms with Crippen LogP contribution in [0.5, 0.6) is 0 Å². The van der Waals surface area contributed by atoms with Gasteiger partial charge in [-0.25, -0.2) is 4.98 Å². The molecule has 0 saturated heterocycles. The third-order valence-electron chi connectivity index (χ3n) is 1.77.